The number of carbonyl (C=O) groups is 4. The number of amides is 3. The van der Waals surface area contributed by atoms with Crippen LogP contribution in [-0.2, 0) is 19.1 Å². The highest BCUT2D eigenvalue weighted by atomic mass is 16.5. The van der Waals surface area contributed by atoms with Gasteiger partial charge in [0.05, 0.1) is 5.56 Å². The first-order chi connectivity index (χ1) is 11.7. The van der Waals surface area contributed by atoms with E-state index < -0.39 is 18.0 Å². The van der Waals surface area contributed by atoms with Crippen LogP contribution in [0.5, 0.6) is 0 Å². The summed E-state index contributed by atoms with van der Waals surface area (Å²) in [6.07, 6.45) is -0.196. The molecular weight excluding hydrogens is 326 g/mol. The van der Waals surface area contributed by atoms with Crippen LogP contribution in [0.15, 0.2) is 18.2 Å². The Morgan fingerprint density at radius 1 is 1.00 bits per heavy atom. The van der Waals surface area contributed by atoms with Crippen LogP contribution in [0, 0.1) is 0 Å². The highest BCUT2D eigenvalue weighted by Gasteiger charge is 2.19. The van der Waals surface area contributed by atoms with Gasteiger partial charge in [-0.3, -0.25) is 14.4 Å². The number of anilines is 2. The Labute approximate surface area is 146 Å². The standard InChI is InChI=1S/C17H23N3O5/c1-5-6-18-16(23)10(2)25-17(24)13-7-14(19-11(3)21)9-15(8-13)20-12(4)22/h7-10H,5-6H2,1-4H3,(H,18,23)(H,19,21)(H,20,22). The predicted octanol–water partition coefficient (Wildman–Crippen LogP) is 1.67. The molecule has 0 radical (unpaired) electrons. The number of benzene rings is 1. The van der Waals surface area contributed by atoms with Crippen LogP contribution in [0.3, 0.4) is 0 Å². The minimum atomic E-state index is -0.965. The molecule has 1 aromatic carbocycles. The van der Waals surface area contributed by atoms with Crippen molar-refractivity contribution in [1.29, 1.82) is 0 Å². The molecule has 3 amide bonds. The van der Waals surface area contributed by atoms with Gasteiger partial charge in [-0.2, -0.15) is 0 Å². The zero-order valence-corrected chi connectivity index (χ0v) is 14.8. The number of hydrogen-bond acceptors (Lipinski definition) is 5. The maximum absolute atomic E-state index is 12.3. The van der Waals surface area contributed by atoms with E-state index in [-0.39, 0.29) is 17.4 Å². The molecule has 3 N–H and O–H groups in total. The monoisotopic (exact) mass is 349 g/mol. The highest BCUT2D eigenvalue weighted by Crippen LogP contribution is 2.20. The maximum atomic E-state index is 12.3. The van der Waals surface area contributed by atoms with Gasteiger partial charge < -0.3 is 20.7 Å². The van der Waals surface area contributed by atoms with Gasteiger partial charge in [0.15, 0.2) is 6.10 Å². The normalized spacial score (nSPS) is 11.2. The summed E-state index contributed by atoms with van der Waals surface area (Å²) in [7, 11) is 0. The van der Waals surface area contributed by atoms with Gasteiger partial charge in [-0.15, -0.1) is 0 Å². The van der Waals surface area contributed by atoms with Crippen molar-refractivity contribution < 1.29 is 23.9 Å². The molecule has 25 heavy (non-hydrogen) atoms. The third kappa shape index (κ3) is 7.03. The lowest BCUT2D eigenvalue weighted by molar-refractivity contribution is -0.129. The van der Waals surface area contributed by atoms with Crippen molar-refractivity contribution in [2.75, 3.05) is 17.2 Å². The van der Waals surface area contributed by atoms with Crippen LogP contribution < -0.4 is 16.0 Å². The molecule has 1 unspecified atom stereocenters. The quantitative estimate of drug-likeness (QED) is 0.648. The summed E-state index contributed by atoms with van der Waals surface area (Å²) in [4.78, 5) is 46.5. The van der Waals surface area contributed by atoms with Crippen LogP contribution >= 0.6 is 0 Å². The fourth-order valence-electron chi connectivity index (χ4n) is 1.97. The number of carbonyl (C=O) groups excluding carboxylic acids is 4. The van der Waals surface area contributed by atoms with Crippen LogP contribution in [0.4, 0.5) is 11.4 Å². The lowest BCUT2D eigenvalue weighted by atomic mass is 10.1. The molecule has 0 aliphatic rings. The fraction of sp³-hybridized carbons (Fsp3) is 0.412. The van der Waals surface area contributed by atoms with Gasteiger partial charge in [-0.05, 0) is 31.5 Å². The first-order valence-corrected chi connectivity index (χ1v) is 7.92. The number of rotatable bonds is 7. The zero-order chi connectivity index (χ0) is 19.0. The largest absolute Gasteiger partial charge is 0.449 e. The van der Waals surface area contributed by atoms with Crippen molar-refractivity contribution in [2.24, 2.45) is 0 Å². The van der Waals surface area contributed by atoms with E-state index in [2.05, 4.69) is 16.0 Å². The molecule has 0 aliphatic carbocycles. The second-order valence-electron chi connectivity index (χ2n) is 5.50. The highest BCUT2D eigenvalue weighted by molar-refractivity contribution is 5.98. The molecule has 0 bridgehead atoms. The van der Waals surface area contributed by atoms with Crippen molar-refractivity contribution in [3.63, 3.8) is 0 Å². The van der Waals surface area contributed by atoms with Gasteiger partial charge in [-0.1, -0.05) is 6.92 Å². The van der Waals surface area contributed by atoms with Crippen LogP contribution in [0.25, 0.3) is 0 Å². The lowest BCUT2D eigenvalue weighted by Crippen LogP contribution is -2.36. The molecular formula is C17H23N3O5. The van der Waals surface area contributed by atoms with Crippen molar-refractivity contribution in [1.82, 2.24) is 5.32 Å². The van der Waals surface area contributed by atoms with Crippen LogP contribution in [0.1, 0.15) is 44.5 Å². The number of esters is 1. The van der Waals surface area contributed by atoms with E-state index in [0.717, 1.165) is 6.42 Å². The summed E-state index contributed by atoms with van der Waals surface area (Å²) in [5.74, 6) is -1.79. The van der Waals surface area contributed by atoms with Gasteiger partial charge in [0.2, 0.25) is 11.8 Å². The predicted molar refractivity (Wildman–Crippen MR) is 93.2 cm³/mol. The molecule has 136 valence electrons. The molecule has 0 heterocycles. The molecule has 1 aromatic rings. The number of ether oxygens (including phenoxy) is 1. The van der Waals surface area contributed by atoms with E-state index >= 15 is 0 Å². The van der Waals surface area contributed by atoms with Crippen molar-refractivity contribution in [2.45, 2.75) is 40.2 Å². The second-order valence-corrected chi connectivity index (χ2v) is 5.50. The van der Waals surface area contributed by atoms with Gasteiger partial charge in [-0.25, -0.2) is 4.79 Å². The minimum absolute atomic E-state index is 0.102. The fourth-order valence-corrected chi connectivity index (χ4v) is 1.97. The smallest absolute Gasteiger partial charge is 0.339 e. The zero-order valence-electron chi connectivity index (χ0n) is 14.8. The van der Waals surface area contributed by atoms with Crippen molar-refractivity contribution in [3.05, 3.63) is 23.8 Å². The summed E-state index contributed by atoms with van der Waals surface area (Å²) >= 11 is 0. The SMILES string of the molecule is CCCNC(=O)C(C)OC(=O)c1cc(NC(C)=O)cc(NC(C)=O)c1. The van der Waals surface area contributed by atoms with E-state index in [0.29, 0.717) is 17.9 Å². The van der Waals surface area contributed by atoms with E-state index in [1.54, 1.807) is 0 Å². The molecule has 0 aliphatic heterocycles. The summed E-state index contributed by atoms with van der Waals surface area (Å²) in [6.45, 7) is 6.52. The molecule has 0 spiro atoms. The molecule has 8 nitrogen and oxygen atoms in total. The molecule has 0 saturated heterocycles. The Morgan fingerprint density at radius 3 is 1.96 bits per heavy atom. The molecule has 0 aromatic heterocycles. The maximum Gasteiger partial charge on any atom is 0.339 e. The Bertz CT molecular complexity index is 638. The third-order valence-corrected chi connectivity index (χ3v) is 3.01. The van der Waals surface area contributed by atoms with Crippen molar-refractivity contribution in [3.8, 4) is 0 Å². The van der Waals surface area contributed by atoms with Crippen LogP contribution in [-0.4, -0.2) is 36.3 Å². The van der Waals surface area contributed by atoms with Gasteiger partial charge in [0.1, 0.15) is 0 Å². The Balaban J connectivity index is 2.96. The van der Waals surface area contributed by atoms with E-state index in [1.807, 2.05) is 6.92 Å². The summed E-state index contributed by atoms with van der Waals surface area (Å²) in [5, 5.41) is 7.71. The lowest BCUT2D eigenvalue weighted by Gasteiger charge is -2.14. The first kappa shape index (κ1) is 20.1. The van der Waals surface area contributed by atoms with Crippen molar-refractivity contribution >= 4 is 35.1 Å². The summed E-state index contributed by atoms with van der Waals surface area (Å²) < 4.78 is 5.14. The van der Waals surface area contributed by atoms with Gasteiger partial charge in [0.25, 0.3) is 5.91 Å². The molecule has 0 saturated carbocycles. The van der Waals surface area contributed by atoms with Crippen LogP contribution in [0.2, 0.25) is 0 Å². The summed E-state index contributed by atoms with van der Waals surface area (Å²) in [5.41, 5.74) is 0.757. The second kappa shape index (κ2) is 9.41. The van der Waals surface area contributed by atoms with E-state index in [1.165, 1.54) is 39.0 Å². The summed E-state index contributed by atoms with van der Waals surface area (Å²) in [6, 6.07) is 4.33. The van der Waals surface area contributed by atoms with Gasteiger partial charge >= 0.3 is 5.97 Å². The Morgan fingerprint density at radius 2 is 1.52 bits per heavy atom. The average molecular weight is 349 g/mol. The molecule has 1 atom stereocenters. The Hall–Kier alpha value is -2.90. The first-order valence-electron chi connectivity index (χ1n) is 7.92. The number of nitrogens with one attached hydrogen (secondary N) is 3. The molecule has 8 heteroatoms. The minimum Gasteiger partial charge on any atom is -0.449 e. The molecule has 0 fully saturated rings. The average Bonchev–Trinajstić information content (AvgIpc) is 2.50. The third-order valence-electron chi connectivity index (χ3n) is 3.01. The molecule has 1 rings (SSSR count). The van der Waals surface area contributed by atoms with E-state index in [4.69, 9.17) is 4.74 Å². The van der Waals surface area contributed by atoms with E-state index in [9.17, 15) is 19.2 Å². The topological polar surface area (TPSA) is 114 Å². The van der Waals surface area contributed by atoms with Gasteiger partial charge in [0, 0.05) is 31.8 Å². The number of hydrogen-bond donors (Lipinski definition) is 3. The Kier molecular flexibility index (Phi) is 7.58.